The number of nitrogens with two attached hydrogens (primary N) is 1. The molecule has 44 heavy (non-hydrogen) atoms. The number of phenolic OH excluding ortho intramolecular Hbond substituents is 1. The van der Waals surface area contributed by atoms with Crippen molar-refractivity contribution in [2.45, 2.75) is 65.4 Å². The monoisotopic (exact) mass is 622 g/mol. The smallest absolute Gasteiger partial charge is 0.248 e. The number of halogens is 1. The second-order valence-corrected chi connectivity index (χ2v) is 11.2. The first-order valence-corrected chi connectivity index (χ1v) is 14.5. The fraction of sp³-hybridized carbons (Fsp3) is 0.353. The molecule has 1 heterocycles. The van der Waals surface area contributed by atoms with Crippen molar-refractivity contribution in [3.05, 3.63) is 76.4 Å². The summed E-state index contributed by atoms with van der Waals surface area (Å²) in [6, 6.07) is 12.5. The van der Waals surface area contributed by atoms with E-state index in [0.29, 0.717) is 35.2 Å². The van der Waals surface area contributed by atoms with E-state index >= 15 is 0 Å². The molecule has 1 aliphatic heterocycles. The van der Waals surface area contributed by atoms with Gasteiger partial charge in [0.05, 0.1) is 13.7 Å². The van der Waals surface area contributed by atoms with E-state index in [4.69, 9.17) is 25.4 Å². The largest absolute Gasteiger partial charge is 0.507 e. The molecular weight excluding hydrogens is 580 g/mol. The number of benzene rings is 3. The second kappa shape index (κ2) is 14.9. The number of unbranched alkanes of at least 4 members (excludes halogenated alkanes) is 1. The standard InChI is InChI=1S/C34H42N4O5.ClH/c1-21-22(2)32-27(23(3)31(21)40)16-18-34(4,43-32)17-6-7-19-42-28-14-13-26(20-29(28)41-5)37-30(39)15-10-24-8-11-25(12-9-24)38-33(35)36;/h8-15,20,40H,6-7,16-19H2,1-5H3,(H,37,39)(H4,35,36,38);1H/b15-10+;. The van der Waals surface area contributed by atoms with Gasteiger partial charge in [0.15, 0.2) is 17.5 Å². The second-order valence-electron chi connectivity index (χ2n) is 11.2. The maximum absolute atomic E-state index is 12.5. The SMILES string of the molecule is COc1cc(NC(=O)/C=C/c2ccc(NC(=N)N)cc2)ccc1OCCCCC1(C)CCc2c(C)c(O)c(C)c(C)c2O1.Cl. The van der Waals surface area contributed by atoms with Gasteiger partial charge in [0.1, 0.15) is 17.1 Å². The molecule has 0 spiro atoms. The van der Waals surface area contributed by atoms with Crippen LogP contribution in [0.2, 0.25) is 0 Å². The van der Waals surface area contributed by atoms with E-state index in [0.717, 1.165) is 65.7 Å². The van der Waals surface area contributed by atoms with E-state index < -0.39 is 0 Å². The minimum atomic E-state index is -0.278. The van der Waals surface area contributed by atoms with Crippen molar-refractivity contribution < 1.29 is 24.1 Å². The number of hydrogen-bond acceptors (Lipinski definition) is 6. The Morgan fingerprint density at radius 1 is 1.05 bits per heavy atom. The molecule has 3 aromatic rings. The van der Waals surface area contributed by atoms with Crippen LogP contribution in [0, 0.1) is 26.2 Å². The first kappa shape index (κ1) is 34.1. The number of fused-ring (bicyclic) bond motifs is 1. The van der Waals surface area contributed by atoms with Crippen LogP contribution in [0.25, 0.3) is 6.08 Å². The number of carbonyl (C=O) groups is 1. The molecular formula is C34H43ClN4O5. The highest BCUT2D eigenvalue weighted by Crippen LogP contribution is 2.44. The molecule has 0 radical (unpaired) electrons. The van der Waals surface area contributed by atoms with Crippen LogP contribution >= 0.6 is 12.4 Å². The van der Waals surface area contributed by atoms with Crippen LogP contribution in [0.4, 0.5) is 11.4 Å². The third-order valence-corrected chi connectivity index (χ3v) is 8.00. The summed E-state index contributed by atoms with van der Waals surface area (Å²) in [5.74, 6) is 2.06. The molecule has 0 aliphatic carbocycles. The van der Waals surface area contributed by atoms with E-state index in [1.54, 1.807) is 43.5 Å². The average Bonchev–Trinajstić information content (AvgIpc) is 2.98. The van der Waals surface area contributed by atoms with E-state index in [-0.39, 0.29) is 29.9 Å². The zero-order valence-electron chi connectivity index (χ0n) is 26.0. The molecule has 0 saturated carbocycles. The van der Waals surface area contributed by atoms with Crippen molar-refractivity contribution in [2.75, 3.05) is 24.4 Å². The summed E-state index contributed by atoms with van der Waals surface area (Å²) in [5, 5.41) is 23.3. The van der Waals surface area contributed by atoms with Gasteiger partial charge >= 0.3 is 0 Å². The summed E-state index contributed by atoms with van der Waals surface area (Å²) >= 11 is 0. The van der Waals surface area contributed by atoms with Crippen LogP contribution in [0.15, 0.2) is 48.5 Å². The van der Waals surface area contributed by atoms with Crippen molar-refractivity contribution in [3.63, 3.8) is 0 Å². The Kier molecular flexibility index (Phi) is 11.5. The Bertz CT molecular complexity index is 1520. The molecule has 0 fully saturated rings. The van der Waals surface area contributed by atoms with Crippen LogP contribution in [0.5, 0.6) is 23.0 Å². The number of anilines is 2. The van der Waals surface area contributed by atoms with Gasteiger partial charge in [-0.3, -0.25) is 10.2 Å². The molecule has 236 valence electrons. The lowest BCUT2D eigenvalue weighted by molar-refractivity contribution is -0.111. The van der Waals surface area contributed by atoms with E-state index in [1.807, 2.05) is 32.9 Å². The van der Waals surface area contributed by atoms with Gasteiger partial charge in [0.25, 0.3) is 0 Å². The van der Waals surface area contributed by atoms with Crippen LogP contribution in [0.3, 0.4) is 0 Å². The lowest BCUT2D eigenvalue weighted by Crippen LogP contribution is -2.37. The summed E-state index contributed by atoms with van der Waals surface area (Å²) in [6.45, 7) is 8.63. The number of guanidine groups is 1. The van der Waals surface area contributed by atoms with Gasteiger partial charge < -0.3 is 35.7 Å². The lowest BCUT2D eigenvalue weighted by Gasteiger charge is -2.38. The minimum absolute atomic E-state index is 0. The van der Waals surface area contributed by atoms with E-state index in [9.17, 15) is 9.90 Å². The first-order chi connectivity index (χ1) is 20.5. The van der Waals surface area contributed by atoms with E-state index in [2.05, 4.69) is 17.6 Å². The first-order valence-electron chi connectivity index (χ1n) is 14.5. The third-order valence-electron chi connectivity index (χ3n) is 8.00. The van der Waals surface area contributed by atoms with Gasteiger partial charge in [0, 0.05) is 29.1 Å². The molecule has 1 unspecified atom stereocenters. The van der Waals surface area contributed by atoms with Gasteiger partial charge in [-0.05, 0) is 112 Å². The molecule has 0 bridgehead atoms. The fourth-order valence-corrected chi connectivity index (χ4v) is 5.31. The normalized spacial score (nSPS) is 15.5. The number of nitrogens with one attached hydrogen (secondary N) is 3. The summed E-state index contributed by atoms with van der Waals surface area (Å²) in [4.78, 5) is 12.5. The Labute approximate surface area is 265 Å². The molecule has 4 rings (SSSR count). The highest BCUT2D eigenvalue weighted by molar-refractivity contribution is 6.02. The van der Waals surface area contributed by atoms with Gasteiger partial charge in [-0.15, -0.1) is 12.4 Å². The summed E-state index contributed by atoms with van der Waals surface area (Å²) in [7, 11) is 1.57. The summed E-state index contributed by atoms with van der Waals surface area (Å²) < 4.78 is 18.1. The van der Waals surface area contributed by atoms with Gasteiger partial charge in [-0.2, -0.15) is 0 Å². The number of rotatable bonds is 11. The molecule has 6 N–H and O–H groups in total. The number of aromatic hydroxyl groups is 1. The Morgan fingerprint density at radius 2 is 1.75 bits per heavy atom. The third kappa shape index (κ3) is 8.38. The molecule has 1 aliphatic rings. The van der Waals surface area contributed by atoms with Crippen LogP contribution < -0.4 is 30.6 Å². The number of amides is 1. The van der Waals surface area contributed by atoms with Crippen LogP contribution in [0.1, 0.15) is 60.4 Å². The topological polar surface area (TPSA) is 139 Å². The Hall–Kier alpha value is -4.37. The number of ether oxygens (including phenoxy) is 3. The number of hydrogen-bond donors (Lipinski definition) is 5. The van der Waals surface area contributed by atoms with Gasteiger partial charge in [-0.25, -0.2) is 0 Å². The highest BCUT2D eigenvalue weighted by Gasteiger charge is 2.34. The molecule has 1 amide bonds. The number of carbonyl (C=O) groups excluding carboxylic acids is 1. The number of phenols is 1. The zero-order chi connectivity index (χ0) is 31.1. The Morgan fingerprint density at radius 3 is 2.43 bits per heavy atom. The lowest BCUT2D eigenvalue weighted by atomic mass is 9.85. The van der Waals surface area contributed by atoms with Crippen molar-refractivity contribution in [2.24, 2.45) is 5.73 Å². The quantitative estimate of drug-likeness (QED) is 0.0669. The van der Waals surface area contributed by atoms with E-state index in [1.165, 1.54) is 6.08 Å². The summed E-state index contributed by atoms with van der Waals surface area (Å²) in [5.41, 5.74) is 11.2. The maximum atomic E-state index is 12.5. The highest BCUT2D eigenvalue weighted by atomic mass is 35.5. The fourth-order valence-electron chi connectivity index (χ4n) is 5.31. The van der Waals surface area contributed by atoms with Crippen LogP contribution in [-0.4, -0.2) is 36.3 Å². The molecule has 0 aromatic heterocycles. The molecule has 1 atom stereocenters. The average molecular weight is 623 g/mol. The molecule has 10 heteroatoms. The van der Waals surface area contributed by atoms with Crippen molar-refractivity contribution in [1.82, 2.24) is 0 Å². The Balaban J connectivity index is 0.00000529. The molecule has 0 saturated heterocycles. The van der Waals surface area contributed by atoms with Gasteiger partial charge in [-0.1, -0.05) is 12.1 Å². The number of methoxy groups -OCH3 is 1. The van der Waals surface area contributed by atoms with Gasteiger partial charge in [0.2, 0.25) is 5.91 Å². The van der Waals surface area contributed by atoms with Crippen molar-refractivity contribution in [1.29, 1.82) is 5.41 Å². The molecule has 9 nitrogen and oxygen atoms in total. The van der Waals surface area contributed by atoms with Crippen molar-refractivity contribution >= 4 is 41.7 Å². The summed E-state index contributed by atoms with van der Waals surface area (Å²) in [6.07, 6.45) is 7.66. The zero-order valence-corrected chi connectivity index (χ0v) is 26.8. The molecule has 3 aromatic carbocycles. The van der Waals surface area contributed by atoms with Crippen LogP contribution in [-0.2, 0) is 11.2 Å². The predicted octanol–water partition coefficient (Wildman–Crippen LogP) is 7.04. The predicted molar refractivity (Wildman–Crippen MR) is 179 cm³/mol. The maximum Gasteiger partial charge on any atom is 0.248 e. The minimum Gasteiger partial charge on any atom is -0.507 e. The van der Waals surface area contributed by atoms with Crippen molar-refractivity contribution in [3.8, 4) is 23.0 Å².